The number of halogens is 1. The molecule has 1 saturated heterocycles. The molecule has 0 aliphatic carbocycles. The molecule has 0 saturated carbocycles. The number of carbonyl (C=O) groups is 2. The van der Waals surface area contributed by atoms with Gasteiger partial charge < -0.3 is 19.7 Å². The van der Waals surface area contributed by atoms with Crippen LogP contribution < -0.4 is 15.0 Å². The number of Topliss-reactive ketones (excluding diaryl/α,β-unsaturated/α-hetero) is 1. The Labute approximate surface area is 163 Å². The van der Waals surface area contributed by atoms with Gasteiger partial charge in [-0.15, -0.1) is 0 Å². The first-order valence-electron chi connectivity index (χ1n) is 8.69. The van der Waals surface area contributed by atoms with E-state index in [-0.39, 0.29) is 18.3 Å². The zero-order chi connectivity index (χ0) is 19.2. The number of amides is 1. The number of ketones is 1. The molecule has 1 heterocycles. The number of benzene rings is 2. The van der Waals surface area contributed by atoms with Crippen LogP contribution >= 0.6 is 11.6 Å². The lowest BCUT2D eigenvalue weighted by atomic mass is 10.1. The highest BCUT2D eigenvalue weighted by Gasteiger charge is 2.19. The predicted octanol–water partition coefficient (Wildman–Crippen LogP) is 3.40. The van der Waals surface area contributed by atoms with Gasteiger partial charge in [0.15, 0.2) is 12.4 Å². The van der Waals surface area contributed by atoms with Crippen LogP contribution in [0, 0.1) is 0 Å². The van der Waals surface area contributed by atoms with Crippen LogP contribution in [0.4, 0.5) is 11.4 Å². The van der Waals surface area contributed by atoms with Gasteiger partial charge in [-0.2, -0.15) is 0 Å². The largest absolute Gasteiger partial charge is 0.484 e. The second kappa shape index (κ2) is 8.88. The van der Waals surface area contributed by atoms with Crippen molar-refractivity contribution >= 4 is 34.7 Å². The summed E-state index contributed by atoms with van der Waals surface area (Å²) in [4.78, 5) is 25.7. The van der Waals surface area contributed by atoms with E-state index in [1.807, 2.05) is 6.07 Å². The molecule has 1 fully saturated rings. The molecule has 0 bridgehead atoms. The lowest BCUT2D eigenvalue weighted by Crippen LogP contribution is -2.37. The molecule has 3 rings (SSSR count). The Balaban J connectivity index is 1.63. The van der Waals surface area contributed by atoms with Gasteiger partial charge in [0.05, 0.1) is 29.6 Å². The normalized spacial score (nSPS) is 13.9. The molecule has 1 amide bonds. The summed E-state index contributed by atoms with van der Waals surface area (Å²) < 4.78 is 10.9. The Bertz CT molecular complexity index is 817. The molecule has 27 heavy (non-hydrogen) atoms. The smallest absolute Gasteiger partial charge is 0.262 e. The molecular formula is C20H21ClN2O4. The summed E-state index contributed by atoms with van der Waals surface area (Å²) in [5.74, 6) is 0.216. The minimum absolute atomic E-state index is 0.0177. The number of rotatable bonds is 6. The fraction of sp³-hybridized carbons (Fsp3) is 0.300. The molecule has 0 atom stereocenters. The molecule has 1 aliphatic rings. The van der Waals surface area contributed by atoms with Crippen molar-refractivity contribution in [2.75, 3.05) is 43.1 Å². The van der Waals surface area contributed by atoms with Crippen LogP contribution in [0.15, 0.2) is 42.5 Å². The van der Waals surface area contributed by atoms with E-state index in [0.29, 0.717) is 48.3 Å². The second-order valence-corrected chi connectivity index (χ2v) is 6.56. The van der Waals surface area contributed by atoms with Gasteiger partial charge in [0.1, 0.15) is 5.75 Å². The fourth-order valence-electron chi connectivity index (χ4n) is 2.85. The van der Waals surface area contributed by atoms with Crippen molar-refractivity contribution in [3.63, 3.8) is 0 Å². The van der Waals surface area contributed by atoms with E-state index in [9.17, 15) is 9.59 Å². The molecule has 0 spiro atoms. The quantitative estimate of drug-likeness (QED) is 0.768. The van der Waals surface area contributed by atoms with E-state index in [2.05, 4.69) is 10.2 Å². The van der Waals surface area contributed by atoms with E-state index in [4.69, 9.17) is 21.1 Å². The summed E-state index contributed by atoms with van der Waals surface area (Å²) in [7, 11) is 0. The Morgan fingerprint density at radius 1 is 1.15 bits per heavy atom. The topological polar surface area (TPSA) is 67.9 Å². The maximum Gasteiger partial charge on any atom is 0.262 e. The fourth-order valence-corrected chi connectivity index (χ4v) is 3.14. The van der Waals surface area contributed by atoms with Crippen LogP contribution in [0.2, 0.25) is 5.02 Å². The standard InChI is InChI=1S/C20H21ClN2O4/c1-14(24)15-5-7-16(8-6-15)27-13-19(25)22-18-4-2-3-17(21)20(18)23-9-11-26-12-10-23/h2-8H,9-13H2,1H3,(H,22,25). The van der Waals surface area contributed by atoms with Crippen molar-refractivity contribution in [3.8, 4) is 5.75 Å². The van der Waals surface area contributed by atoms with Crippen molar-refractivity contribution in [1.82, 2.24) is 0 Å². The molecule has 6 nitrogen and oxygen atoms in total. The molecule has 1 N–H and O–H groups in total. The maximum absolute atomic E-state index is 12.3. The van der Waals surface area contributed by atoms with Crippen LogP contribution in [-0.4, -0.2) is 44.6 Å². The van der Waals surface area contributed by atoms with Crippen LogP contribution in [0.3, 0.4) is 0 Å². The van der Waals surface area contributed by atoms with Gasteiger partial charge in [0, 0.05) is 18.7 Å². The Morgan fingerprint density at radius 3 is 2.52 bits per heavy atom. The first-order valence-corrected chi connectivity index (χ1v) is 9.07. The molecular weight excluding hydrogens is 368 g/mol. The van der Waals surface area contributed by atoms with E-state index in [1.165, 1.54) is 6.92 Å². The van der Waals surface area contributed by atoms with Gasteiger partial charge in [0.25, 0.3) is 5.91 Å². The lowest BCUT2D eigenvalue weighted by molar-refractivity contribution is -0.118. The van der Waals surface area contributed by atoms with Gasteiger partial charge in [-0.3, -0.25) is 9.59 Å². The average Bonchev–Trinajstić information content (AvgIpc) is 2.67. The zero-order valence-corrected chi connectivity index (χ0v) is 15.8. The van der Waals surface area contributed by atoms with Crippen LogP contribution in [-0.2, 0) is 9.53 Å². The summed E-state index contributed by atoms with van der Waals surface area (Å²) in [6, 6.07) is 12.1. The van der Waals surface area contributed by atoms with Gasteiger partial charge >= 0.3 is 0 Å². The summed E-state index contributed by atoms with van der Waals surface area (Å²) in [6.45, 7) is 4.03. The van der Waals surface area contributed by atoms with Gasteiger partial charge in [0.2, 0.25) is 0 Å². The van der Waals surface area contributed by atoms with Crippen molar-refractivity contribution in [2.45, 2.75) is 6.92 Å². The molecule has 7 heteroatoms. The first kappa shape index (κ1) is 19.2. The number of hydrogen-bond donors (Lipinski definition) is 1. The number of nitrogens with one attached hydrogen (secondary N) is 1. The monoisotopic (exact) mass is 388 g/mol. The molecule has 0 aromatic heterocycles. The van der Waals surface area contributed by atoms with Crippen molar-refractivity contribution < 1.29 is 19.1 Å². The Kier molecular flexibility index (Phi) is 6.32. The number of nitrogens with zero attached hydrogens (tertiary/aromatic N) is 1. The summed E-state index contributed by atoms with van der Waals surface area (Å²) in [5, 5.41) is 3.44. The van der Waals surface area contributed by atoms with E-state index in [0.717, 1.165) is 5.69 Å². The van der Waals surface area contributed by atoms with Gasteiger partial charge in [-0.1, -0.05) is 17.7 Å². The summed E-state index contributed by atoms with van der Waals surface area (Å²) in [6.07, 6.45) is 0. The third kappa shape index (κ3) is 4.99. The molecule has 1 aliphatic heterocycles. The minimum Gasteiger partial charge on any atom is -0.484 e. The first-order chi connectivity index (χ1) is 13.0. The molecule has 0 radical (unpaired) electrons. The predicted molar refractivity (Wildman–Crippen MR) is 105 cm³/mol. The summed E-state index contributed by atoms with van der Waals surface area (Å²) >= 11 is 6.37. The molecule has 2 aromatic rings. The number of hydrogen-bond acceptors (Lipinski definition) is 5. The SMILES string of the molecule is CC(=O)c1ccc(OCC(=O)Nc2cccc(Cl)c2N2CCOCC2)cc1. The highest BCUT2D eigenvalue weighted by Crippen LogP contribution is 2.34. The highest BCUT2D eigenvalue weighted by atomic mass is 35.5. The molecule has 142 valence electrons. The Morgan fingerprint density at radius 2 is 1.85 bits per heavy atom. The molecule has 0 unspecified atom stereocenters. The number of anilines is 2. The van der Waals surface area contributed by atoms with Crippen molar-refractivity contribution in [2.24, 2.45) is 0 Å². The minimum atomic E-state index is -0.289. The van der Waals surface area contributed by atoms with E-state index < -0.39 is 0 Å². The highest BCUT2D eigenvalue weighted by molar-refractivity contribution is 6.34. The van der Waals surface area contributed by atoms with Crippen molar-refractivity contribution in [1.29, 1.82) is 0 Å². The molecule has 2 aromatic carbocycles. The van der Waals surface area contributed by atoms with E-state index >= 15 is 0 Å². The third-order valence-electron chi connectivity index (χ3n) is 4.22. The zero-order valence-electron chi connectivity index (χ0n) is 15.0. The maximum atomic E-state index is 12.3. The van der Waals surface area contributed by atoms with Crippen molar-refractivity contribution in [3.05, 3.63) is 53.1 Å². The lowest BCUT2D eigenvalue weighted by Gasteiger charge is -2.31. The summed E-state index contributed by atoms with van der Waals surface area (Å²) in [5.41, 5.74) is 2.03. The van der Waals surface area contributed by atoms with Crippen LogP contribution in [0.5, 0.6) is 5.75 Å². The Hall–Kier alpha value is -2.57. The number of carbonyl (C=O) groups excluding carboxylic acids is 2. The average molecular weight is 389 g/mol. The number of ether oxygens (including phenoxy) is 2. The van der Waals surface area contributed by atoms with E-state index in [1.54, 1.807) is 36.4 Å². The van der Waals surface area contributed by atoms with Gasteiger partial charge in [-0.05, 0) is 43.3 Å². The van der Waals surface area contributed by atoms with Crippen LogP contribution in [0.1, 0.15) is 17.3 Å². The number of para-hydroxylation sites is 1. The number of morpholine rings is 1. The van der Waals surface area contributed by atoms with Crippen LogP contribution in [0.25, 0.3) is 0 Å². The van der Waals surface area contributed by atoms with Gasteiger partial charge in [-0.25, -0.2) is 0 Å². The third-order valence-corrected chi connectivity index (χ3v) is 4.52. The second-order valence-electron chi connectivity index (χ2n) is 6.15.